The van der Waals surface area contributed by atoms with Crippen LogP contribution in [0.3, 0.4) is 0 Å². The summed E-state index contributed by atoms with van der Waals surface area (Å²) in [5.74, 6) is -0.0861. The third-order valence-corrected chi connectivity index (χ3v) is 1.24. The Morgan fingerprint density at radius 3 is 2.82 bits per heavy atom. The molecule has 0 N–H and O–H groups in total. The molecule has 0 saturated carbocycles. The molecule has 0 heterocycles. The quantitative estimate of drug-likeness (QED) is 0.347. The van der Waals surface area contributed by atoms with Gasteiger partial charge in [0.1, 0.15) is 0 Å². The second kappa shape index (κ2) is 7.32. The third kappa shape index (κ3) is 7.10. The van der Waals surface area contributed by atoms with Crippen LogP contribution in [0.5, 0.6) is 0 Å². The van der Waals surface area contributed by atoms with Crippen molar-refractivity contribution >= 4 is 5.97 Å². The largest absolute Gasteiger partial charge is 0.465 e. The van der Waals surface area contributed by atoms with Crippen LogP contribution < -0.4 is 0 Å². The van der Waals surface area contributed by atoms with Gasteiger partial charge in [-0.15, -0.1) is 0 Å². The molecule has 0 saturated heterocycles. The van der Waals surface area contributed by atoms with Crippen LogP contribution in [0, 0.1) is 0 Å². The molecule has 2 nitrogen and oxygen atoms in total. The number of hydrogen-bond donors (Lipinski definition) is 0. The average molecular weight is 156 g/mol. The molecule has 11 heavy (non-hydrogen) atoms. The molecular weight excluding hydrogens is 140 g/mol. The first-order valence-electron chi connectivity index (χ1n) is 4.08. The second-order valence-electron chi connectivity index (χ2n) is 2.33. The number of esters is 1. The summed E-state index contributed by atoms with van der Waals surface area (Å²) in [6.45, 7) is 4.43. The van der Waals surface area contributed by atoms with E-state index in [1.54, 1.807) is 0 Å². The number of ether oxygens (including phenoxy) is 1. The number of carbonyl (C=O) groups is 1. The maximum Gasteiger partial charge on any atom is 0.305 e. The molecule has 64 valence electrons. The summed E-state index contributed by atoms with van der Waals surface area (Å²) in [7, 11) is 0. The molecule has 0 bridgehead atoms. The van der Waals surface area contributed by atoms with E-state index in [1.165, 1.54) is 0 Å². The Hall–Kier alpha value is -0.790. The number of rotatable bonds is 5. The van der Waals surface area contributed by atoms with Gasteiger partial charge in [0.25, 0.3) is 0 Å². The van der Waals surface area contributed by atoms with Crippen LogP contribution in [0.25, 0.3) is 0 Å². The van der Waals surface area contributed by atoms with Crippen LogP contribution in [0.2, 0.25) is 0 Å². The fraction of sp³-hybridized carbons (Fsp3) is 0.667. The SMILES string of the molecule is CC=CCCOC(=O)CCC. The van der Waals surface area contributed by atoms with Crippen molar-refractivity contribution in [1.29, 1.82) is 0 Å². The normalized spacial score (nSPS) is 10.4. The molecule has 0 atom stereocenters. The highest BCUT2D eigenvalue weighted by atomic mass is 16.5. The summed E-state index contributed by atoms with van der Waals surface area (Å²) in [4.78, 5) is 10.8. The summed E-state index contributed by atoms with van der Waals surface area (Å²) >= 11 is 0. The fourth-order valence-electron chi connectivity index (χ4n) is 0.684. The van der Waals surface area contributed by atoms with Crippen molar-refractivity contribution in [2.75, 3.05) is 6.61 Å². The minimum Gasteiger partial charge on any atom is -0.465 e. The minimum atomic E-state index is -0.0861. The molecule has 2 heteroatoms. The molecule has 0 unspecified atom stereocenters. The van der Waals surface area contributed by atoms with E-state index in [9.17, 15) is 4.79 Å². The van der Waals surface area contributed by atoms with E-state index in [2.05, 4.69) is 0 Å². The molecule has 0 amide bonds. The highest BCUT2D eigenvalue weighted by Gasteiger charge is 1.97. The Labute approximate surface area is 68.2 Å². The first-order valence-corrected chi connectivity index (χ1v) is 4.08. The van der Waals surface area contributed by atoms with Gasteiger partial charge >= 0.3 is 5.97 Å². The Morgan fingerprint density at radius 1 is 1.55 bits per heavy atom. The highest BCUT2D eigenvalue weighted by molar-refractivity contribution is 5.69. The van der Waals surface area contributed by atoms with Gasteiger partial charge in [0.05, 0.1) is 6.61 Å². The summed E-state index contributed by atoms with van der Waals surface area (Å²) in [5, 5.41) is 0. The molecular formula is C9H16O2. The summed E-state index contributed by atoms with van der Waals surface area (Å²) in [6, 6.07) is 0. The molecule has 0 aromatic carbocycles. The van der Waals surface area contributed by atoms with Crippen LogP contribution in [-0.4, -0.2) is 12.6 Å². The molecule has 0 spiro atoms. The van der Waals surface area contributed by atoms with E-state index in [4.69, 9.17) is 4.74 Å². The van der Waals surface area contributed by atoms with Crippen LogP contribution in [0.4, 0.5) is 0 Å². The van der Waals surface area contributed by atoms with Crippen molar-refractivity contribution in [3.05, 3.63) is 12.2 Å². The molecule has 0 aliphatic heterocycles. The van der Waals surface area contributed by atoms with Gasteiger partial charge in [0.15, 0.2) is 0 Å². The molecule has 0 radical (unpaired) electrons. The lowest BCUT2D eigenvalue weighted by Gasteiger charge is -1.99. The average Bonchev–Trinajstić information content (AvgIpc) is 1.99. The van der Waals surface area contributed by atoms with Gasteiger partial charge in [-0.25, -0.2) is 0 Å². The maximum absolute atomic E-state index is 10.8. The van der Waals surface area contributed by atoms with Gasteiger partial charge in [-0.05, 0) is 19.8 Å². The second-order valence-corrected chi connectivity index (χ2v) is 2.33. The lowest BCUT2D eigenvalue weighted by Crippen LogP contribution is -2.04. The highest BCUT2D eigenvalue weighted by Crippen LogP contribution is 1.92. The van der Waals surface area contributed by atoms with Crippen LogP contribution in [0.15, 0.2) is 12.2 Å². The van der Waals surface area contributed by atoms with E-state index in [1.807, 2.05) is 26.0 Å². The zero-order valence-corrected chi connectivity index (χ0v) is 7.30. The Balaban J connectivity index is 3.17. The van der Waals surface area contributed by atoms with Crippen LogP contribution >= 0.6 is 0 Å². The monoisotopic (exact) mass is 156 g/mol. The summed E-state index contributed by atoms with van der Waals surface area (Å²) in [6.07, 6.45) is 6.16. The van der Waals surface area contributed by atoms with E-state index >= 15 is 0 Å². The van der Waals surface area contributed by atoms with Gasteiger partial charge in [-0.2, -0.15) is 0 Å². The number of allylic oxidation sites excluding steroid dienone is 1. The predicted octanol–water partition coefficient (Wildman–Crippen LogP) is 2.30. The van der Waals surface area contributed by atoms with Crippen molar-refractivity contribution in [2.24, 2.45) is 0 Å². The standard InChI is InChI=1S/C9H16O2/c1-3-5-6-8-11-9(10)7-4-2/h3,5H,4,6-8H2,1-2H3. The van der Waals surface area contributed by atoms with Crippen LogP contribution in [0.1, 0.15) is 33.1 Å². The van der Waals surface area contributed by atoms with Crippen molar-refractivity contribution in [3.63, 3.8) is 0 Å². The topological polar surface area (TPSA) is 26.3 Å². The van der Waals surface area contributed by atoms with E-state index in [-0.39, 0.29) is 5.97 Å². The minimum absolute atomic E-state index is 0.0861. The smallest absolute Gasteiger partial charge is 0.305 e. The zero-order chi connectivity index (χ0) is 8.53. The molecule has 0 rings (SSSR count). The molecule has 0 aliphatic carbocycles. The van der Waals surface area contributed by atoms with Gasteiger partial charge in [0, 0.05) is 6.42 Å². The van der Waals surface area contributed by atoms with E-state index in [0.717, 1.165) is 12.8 Å². The van der Waals surface area contributed by atoms with Gasteiger partial charge in [-0.3, -0.25) is 4.79 Å². The lowest BCUT2D eigenvalue weighted by molar-refractivity contribution is -0.143. The first kappa shape index (κ1) is 10.2. The van der Waals surface area contributed by atoms with Crippen molar-refractivity contribution in [3.8, 4) is 0 Å². The van der Waals surface area contributed by atoms with E-state index < -0.39 is 0 Å². The number of hydrogen-bond acceptors (Lipinski definition) is 2. The predicted molar refractivity (Wildman–Crippen MR) is 45.3 cm³/mol. The lowest BCUT2D eigenvalue weighted by atomic mass is 10.3. The van der Waals surface area contributed by atoms with Crippen molar-refractivity contribution < 1.29 is 9.53 Å². The number of carbonyl (C=O) groups excluding carboxylic acids is 1. The van der Waals surface area contributed by atoms with Gasteiger partial charge < -0.3 is 4.74 Å². The fourth-order valence-corrected chi connectivity index (χ4v) is 0.684. The first-order chi connectivity index (χ1) is 5.31. The Kier molecular flexibility index (Phi) is 6.79. The summed E-state index contributed by atoms with van der Waals surface area (Å²) < 4.78 is 4.89. The molecule has 0 fully saturated rings. The Morgan fingerprint density at radius 2 is 2.27 bits per heavy atom. The van der Waals surface area contributed by atoms with Crippen molar-refractivity contribution in [1.82, 2.24) is 0 Å². The Bertz CT molecular complexity index is 128. The maximum atomic E-state index is 10.8. The van der Waals surface area contributed by atoms with Gasteiger partial charge in [-0.1, -0.05) is 19.1 Å². The van der Waals surface area contributed by atoms with Crippen LogP contribution in [-0.2, 0) is 9.53 Å². The third-order valence-electron chi connectivity index (χ3n) is 1.24. The molecule has 0 aromatic rings. The van der Waals surface area contributed by atoms with Crippen molar-refractivity contribution in [2.45, 2.75) is 33.1 Å². The zero-order valence-electron chi connectivity index (χ0n) is 7.30. The molecule has 0 aliphatic rings. The van der Waals surface area contributed by atoms with E-state index in [0.29, 0.717) is 13.0 Å². The molecule has 0 aromatic heterocycles. The summed E-state index contributed by atoms with van der Waals surface area (Å²) in [5.41, 5.74) is 0. The van der Waals surface area contributed by atoms with Gasteiger partial charge in [0.2, 0.25) is 0 Å².